The Labute approximate surface area is 188 Å². The SMILES string of the molecule is CN=C(NCc1ccc(F)cc1)NCc1cccc(NC(=O)C2CCCC2)c1.I. The monoisotopic (exact) mass is 510 g/mol. The van der Waals surface area contributed by atoms with Crippen molar-refractivity contribution in [2.75, 3.05) is 12.4 Å². The van der Waals surface area contributed by atoms with Crippen LogP contribution in [0.15, 0.2) is 53.5 Å². The van der Waals surface area contributed by atoms with Crippen molar-refractivity contribution in [2.45, 2.75) is 38.8 Å². The Bertz CT molecular complexity index is 820. The van der Waals surface area contributed by atoms with Gasteiger partial charge in [0.25, 0.3) is 0 Å². The van der Waals surface area contributed by atoms with E-state index in [1.54, 1.807) is 19.2 Å². The standard InChI is InChI=1S/C22H27FN4O.HI/c1-24-22(25-14-16-9-11-19(23)12-10-16)26-15-17-5-4-8-20(13-17)27-21(28)18-6-2-3-7-18;/h4-5,8-13,18H,2-3,6-7,14-15H2,1H3,(H,27,28)(H2,24,25,26);1H. The predicted molar refractivity (Wildman–Crippen MR) is 126 cm³/mol. The summed E-state index contributed by atoms with van der Waals surface area (Å²) in [6.45, 7) is 1.13. The predicted octanol–water partition coefficient (Wildman–Crippen LogP) is 4.44. The van der Waals surface area contributed by atoms with E-state index in [0.717, 1.165) is 42.5 Å². The van der Waals surface area contributed by atoms with Crippen LogP contribution >= 0.6 is 24.0 Å². The Hall–Kier alpha value is -2.16. The number of nitrogens with one attached hydrogen (secondary N) is 3. The van der Waals surface area contributed by atoms with Gasteiger partial charge in [-0.05, 0) is 48.2 Å². The second-order valence-corrected chi connectivity index (χ2v) is 7.08. The van der Waals surface area contributed by atoms with E-state index in [4.69, 9.17) is 0 Å². The van der Waals surface area contributed by atoms with Crippen LogP contribution in [0.2, 0.25) is 0 Å². The van der Waals surface area contributed by atoms with Crippen LogP contribution in [0.25, 0.3) is 0 Å². The van der Waals surface area contributed by atoms with Crippen molar-refractivity contribution in [2.24, 2.45) is 10.9 Å². The molecule has 0 atom stereocenters. The molecule has 5 nitrogen and oxygen atoms in total. The smallest absolute Gasteiger partial charge is 0.227 e. The summed E-state index contributed by atoms with van der Waals surface area (Å²) in [6.07, 6.45) is 4.27. The molecule has 156 valence electrons. The number of hydrogen-bond donors (Lipinski definition) is 3. The molecule has 1 aliphatic carbocycles. The van der Waals surface area contributed by atoms with Crippen LogP contribution < -0.4 is 16.0 Å². The number of carbonyl (C=O) groups excluding carboxylic acids is 1. The Morgan fingerprint density at radius 1 is 1.03 bits per heavy atom. The molecule has 1 aliphatic rings. The summed E-state index contributed by atoms with van der Waals surface area (Å²) in [5, 5.41) is 9.49. The third kappa shape index (κ3) is 7.30. The molecule has 1 amide bonds. The first-order chi connectivity index (χ1) is 13.6. The van der Waals surface area contributed by atoms with Crippen molar-refractivity contribution in [3.05, 3.63) is 65.5 Å². The zero-order valence-corrected chi connectivity index (χ0v) is 18.9. The van der Waals surface area contributed by atoms with Crippen molar-refractivity contribution < 1.29 is 9.18 Å². The topological polar surface area (TPSA) is 65.5 Å². The number of benzene rings is 2. The highest BCUT2D eigenvalue weighted by atomic mass is 127. The van der Waals surface area contributed by atoms with Gasteiger partial charge in [-0.3, -0.25) is 9.79 Å². The molecule has 0 unspecified atom stereocenters. The molecular weight excluding hydrogens is 482 g/mol. The maximum Gasteiger partial charge on any atom is 0.227 e. The highest BCUT2D eigenvalue weighted by Crippen LogP contribution is 2.26. The van der Waals surface area contributed by atoms with Crippen LogP contribution in [-0.4, -0.2) is 18.9 Å². The molecule has 0 spiro atoms. The molecule has 3 N–H and O–H groups in total. The number of anilines is 1. The largest absolute Gasteiger partial charge is 0.352 e. The fourth-order valence-electron chi connectivity index (χ4n) is 3.39. The molecule has 0 saturated heterocycles. The highest BCUT2D eigenvalue weighted by molar-refractivity contribution is 14.0. The van der Waals surface area contributed by atoms with Gasteiger partial charge in [-0.1, -0.05) is 37.1 Å². The lowest BCUT2D eigenvalue weighted by Crippen LogP contribution is -2.36. The molecule has 0 bridgehead atoms. The summed E-state index contributed by atoms with van der Waals surface area (Å²) in [7, 11) is 1.71. The Morgan fingerprint density at radius 2 is 1.69 bits per heavy atom. The molecule has 3 rings (SSSR count). The summed E-state index contributed by atoms with van der Waals surface area (Å²) < 4.78 is 13.0. The molecule has 2 aromatic carbocycles. The quantitative estimate of drug-likeness (QED) is 0.306. The average Bonchev–Trinajstić information content (AvgIpc) is 3.25. The van der Waals surface area contributed by atoms with Gasteiger partial charge in [-0.15, -0.1) is 24.0 Å². The van der Waals surface area contributed by atoms with E-state index in [1.165, 1.54) is 12.1 Å². The third-order valence-electron chi connectivity index (χ3n) is 4.98. The van der Waals surface area contributed by atoms with E-state index in [2.05, 4.69) is 20.9 Å². The van der Waals surface area contributed by atoms with Crippen molar-refractivity contribution in [3.63, 3.8) is 0 Å². The van der Waals surface area contributed by atoms with Gasteiger partial charge in [0.2, 0.25) is 5.91 Å². The van der Waals surface area contributed by atoms with Crippen LogP contribution in [0.1, 0.15) is 36.8 Å². The normalized spacial score (nSPS) is 14.2. The summed E-state index contributed by atoms with van der Waals surface area (Å²) in [6, 6.07) is 14.2. The molecule has 0 radical (unpaired) electrons. The first-order valence-corrected chi connectivity index (χ1v) is 9.73. The molecule has 0 aliphatic heterocycles. The van der Waals surface area contributed by atoms with E-state index in [-0.39, 0.29) is 41.6 Å². The Morgan fingerprint density at radius 3 is 2.34 bits per heavy atom. The summed E-state index contributed by atoms with van der Waals surface area (Å²) >= 11 is 0. The fraction of sp³-hybridized carbons (Fsp3) is 0.364. The van der Waals surface area contributed by atoms with Gasteiger partial charge in [0, 0.05) is 31.7 Å². The first kappa shape index (κ1) is 23.1. The number of nitrogens with zero attached hydrogens (tertiary/aromatic N) is 1. The molecule has 2 aromatic rings. The van der Waals surface area contributed by atoms with E-state index < -0.39 is 0 Å². The van der Waals surface area contributed by atoms with Gasteiger partial charge in [0.05, 0.1) is 0 Å². The molecule has 0 aromatic heterocycles. The van der Waals surface area contributed by atoms with Crippen LogP contribution in [-0.2, 0) is 17.9 Å². The molecular formula is C22H28FIN4O. The van der Waals surface area contributed by atoms with E-state index in [1.807, 2.05) is 24.3 Å². The van der Waals surface area contributed by atoms with E-state index >= 15 is 0 Å². The maximum atomic E-state index is 13.0. The number of carbonyl (C=O) groups is 1. The second-order valence-electron chi connectivity index (χ2n) is 7.08. The maximum absolute atomic E-state index is 13.0. The minimum Gasteiger partial charge on any atom is -0.352 e. The van der Waals surface area contributed by atoms with Crippen molar-refractivity contribution >= 4 is 41.5 Å². The van der Waals surface area contributed by atoms with E-state index in [0.29, 0.717) is 19.0 Å². The lowest BCUT2D eigenvalue weighted by molar-refractivity contribution is -0.119. The number of amides is 1. The third-order valence-corrected chi connectivity index (χ3v) is 4.98. The fourth-order valence-corrected chi connectivity index (χ4v) is 3.39. The molecule has 29 heavy (non-hydrogen) atoms. The number of hydrogen-bond acceptors (Lipinski definition) is 2. The number of halogens is 2. The Balaban J connectivity index is 0.00000300. The zero-order chi connectivity index (χ0) is 19.8. The van der Waals surface area contributed by atoms with Gasteiger partial charge in [-0.2, -0.15) is 0 Å². The molecule has 1 saturated carbocycles. The van der Waals surface area contributed by atoms with Crippen molar-refractivity contribution in [1.82, 2.24) is 10.6 Å². The minimum atomic E-state index is -0.244. The average molecular weight is 510 g/mol. The second kappa shape index (κ2) is 11.7. The van der Waals surface area contributed by atoms with Crippen LogP contribution in [0.5, 0.6) is 0 Å². The number of rotatable bonds is 6. The number of aliphatic imine (C=N–C) groups is 1. The van der Waals surface area contributed by atoms with Crippen LogP contribution in [0, 0.1) is 11.7 Å². The summed E-state index contributed by atoms with van der Waals surface area (Å²) in [5.41, 5.74) is 2.85. The zero-order valence-electron chi connectivity index (χ0n) is 16.6. The molecule has 7 heteroatoms. The van der Waals surface area contributed by atoms with Crippen molar-refractivity contribution in [3.8, 4) is 0 Å². The van der Waals surface area contributed by atoms with Gasteiger partial charge >= 0.3 is 0 Å². The first-order valence-electron chi connectivity index (χ1n) is 9.73. The lowest BCUT2D eigenvalue weighted by atomic mass is 10.1. The Kier molecular flexibility index (Phi) is 9.37. The number of guanidine groups is 1. The van der Waals surface area contributed by atoms with Crippen LogP contribution in [0.3, 0.4) is 0 Å². The lowest BCUT2D eigenvalue weighted by Gasteiger charge is -2.14. The minimum absolute atomic E-state index is 0. The van der Waals surface area contributed by atoms with Gasteiger partial charge in [0.1, 0.15) is 5.82 Å². The van der Waals surface area contributed by atoms with Crippen molar-refractivity contribution in [1.29, 1.82) is 0 Å². The van der Waals surface area contributed by atoms with Gasteiger partial charge in [-0.25, -0.2) is 4.39 Å². The summed E-state index contributed by atoms with van der Waals surface area (Å²) in [4.78, 5) is 16.5. The molecule has 0 heterocycles. The van der Waals surface area contributed by atoms with Gasteiger partial charge in [0.15, 0.2) is 5.96 Å². The highest BCUT2D eigenvalue weighted by Gasteiger charge is 2.22. The van der Waals surface area contributed by atoms with E-state index in [9.17, 15) is 9.18 Å². The molecule has 1 fully saturated rings. The summed E-state index contributed by atoms with van der Waals surface area (Å²) in [5.74, 6) is 0.687. The van der Waals surface area contributed by atoms with Crippen LogP contribution in [0.4, 0.5) is 10.1 Å². The van der Waals surface area contributed by atoms with Gasteiger partial charge < -0.3 is 16.0 Å².